The molecule has 0 unspecified atom stereocenters. The Hall–Kier alpha value is -2.57. The Kier molecular flexibility index (Phi) is 4.76. The van der Waals surface area contributed by atoms with Gasteiger partial charge in [0.15, 0.2) is 5.75 Å². The highest BCUT2D eigenvalue weighted by molar-refractivity contribution is 5.58. The molecule has 0 amide bonds. The Bertz CT molecular complexity index is 624. The number of nitro groups is 1. The fraction of sp³-hybridized carbons (Fsp3) is 0.357. The second-order valence-corrected chi connectivity index (χ2v) is 4.59. The fourth-order valence-electron chi connectivity index (χ4n) is 1.87. The third-order valence-electron chi connectivity index (χ3n) is 3.01. The molecule has 0 spiro atoms. The van der Waals surface area contributed by atoms with Crippen LogP contribution in [0.15, 0.2) is 30.5 Å². The summed E-state index contributed by atoms with van der Waals surface area (Å²) in [5.41, 5.74) is 1.77. The number of hydrogen-bond donors (Lipinski definition) is 1. The minimum atomic E-state index is -0.435. The number of aryl methyl sites for hydroxylation is 1. The predicted molar refractivity (Wildman–Crippen MR) is 79.4 cm³/mol. The Labute approximate surface area is 122 Å². The van der Waals surface area contributed by atoms with E-state index < -0.39 is 4.92 Å². The van der Waals surface area contributed by atoms with E-state index in [2.05, 4.69) is 10.4 Å². The van der Waals surface area contributed by atoms with Gasteiger partial charge in [0.1, 0.15) is 0 Å². The molecule has 0 aliphatic rings. The SMILES string of the molecule is CCCOc1cc(NCc2ccnn2C)ccc1[N+](=O)[O-]. The van der Waals surface area contributed by atoms with Crippen molar-refractivity contribution >= 4 is 11.4 Å². The van der Waals surface area contributed by atoms with Gasteiger partial charge in [0.25, 0.3) is 0 Å². The zero-order valence-corrected chi connectivity index (χ0v) is 12.1. The van der Waals surface area contributed by atoms with Gasteiger partial charge in [-0.25, -0.2) is 0 Å². The second-order valence-electron chi connectivity index (χ2n) is 4.59. The van der Waals surface area contributed by atoms with Gasteiger partial charge in [0.2, 0.25) is 0 Å². The molecule has 1 aromatic heterocycles. The smallest absolute Gasteiger partial charge is 0.311 e. The number of nitrogens with zero attached hydrogens (tertiary/aromatic N) is 3. The van der Waals surface area contributed by atoms with E-state index in [-0.39, 0.29) is 11.4 Å². The lowest BCUT2D eigenvalue weighted by Crippen LogP contribution is -2.06. The van der Waals surface area contributed by atoms with Crippen molar-refractivity contribution in [1.29, 1.82) is 0 Å². The van der Waals surface area contributed by atoms with Crippen LogP contribution in [0.4, 0.5) is 11.4 Å². The molecule has 0 saturated heterocycles. The summed E-state index contributed by atoms with van der Waals surface area (Å²) >= 11 is 0. The number of ether oxygens (including phenoxy) is 1. The van der Waals surface area contributed by atoms with E-state index in [4.69, 9.17) is 4.74 Å². The van der Waals surface area contributed by atoms with E-state index in [1.165, 1.54) is 6.07 Å². The van der Waals surface area contributed by atoms with Gasteiger partial charge in [0.05, 0.1) is 23.8 Å². The molecule has 0 aliphatic carbocycles. The first-order chi connectivity index (χ1) is 10.1. The van der Waals surface area contributed by atoms with Crippen LogP contribution in [0.2, 0.25) is 0 Å². The number of benzene rings is 1. The van der Waals surface area contributed by atoms with Crippen molar-refractivity contribution in [2.75, 3.05) is 11.9 Å². The molecule has 112 valence electrons. The zero-order valence-electron chi connectivity index (χ0n) is 12.1. The Morgan fingerprint density at radius 3 is 2.86 bits per heavy atom. The summed E-state index contributed by atoms with van der Waals surface area (Å²) in [7, 11) is 1.86. The van der Waals surface area contributed by atoms with Gasteiger partial charge in [0, 0.05) is 31.1 Å². The molecule has 7 heteroatoms. The maximum atomic E-state index is 11.0. The minimum Gasteiger partial charge on any atom is -0.487 e. The van der Waals surface area contributed by atoms with Crippen molar-refractivity contribution in [2.24, 2.45) is 7.05 Å². The fourth-order valence-corrected chi connectivity index (χ4v) is 1.87. The Balaban J connectivity index is 2.13. The molecule has 0 fully saturated rings. The molecule has 2 aromatic rings. The molecular formula is C14H18N4O3. The predicted octanol–water partition coefficient (Wildman–Crippen LogP) is 2.73. The molecule has 0 bridgehead atoms. The molecule has 0 saturated carbocycles. The van der Waals surface area contributed by atoms with Crippen LogP contribution in [0.25, 0.3) is 0 Å². The van der Waals surface area contributed by atoms with Gasteiger partial charge in [-0.1, -0.05) is 6.92 Å². The van der Waals surface area contributed by atoms with Crippen LogP contribution >= 0.6 is 0 Å². The van der Waals surface area contributed by atoms with Crippen LogP contribution in [-0.2, 0) is 13.6 Å². The number of nitro benzene ring substituents is 1. The van der Waals surface area contributed by atoms with Crippen LogP contribution < -0.4 is 10.1 Å². The normalized spacial score (nSPS) is 10.4. The monoisotopic (exact) mass is 290 g/mol. The third-order valence-corrected chi connectivity index (χ3v) is 3.01. The summed E-state index contributed by atoms with van der Waals surface area (Å²) in [4.78, 5) is 10.5. The number of rotatable bonds is 7. The van der Waals surface area contributed by atoms with Crippen molar-refractivity contribution in [3.63, 3.8) is 0 Å². The largest absolute Gasteiger partial charge is 0.487 e. The molecule has 1 heterocycles. The maximum Gasteiger partial charge on any atom is 0.311 e. The number of hydrogen-bond acceptors (Lipinski definition) is 5. The van der Waals surface area contributed by atoms with Crippen molar-refractivity contribution in [2.45, 2.75) is 19.9 Å². The zero-order chi connectivity index (χ0) is 15.2. The summed E-state index contributed by atoms with van der Waals surface area (Å²) in [6, 6.07) is 6.70. The van der Waals surface area contributed by atoms with E-state index in [1.807, 2.05) is 20.0 Å². The summed E-state index contributed by atoms with van der Waals surface area (Å²) in [5.74, 6) is 0.289. The molecule has 0 aliphatic heterocycles. The average Bonchev–Trinajstić information content (AvgIpc) is 2.88. The first kappa shape index (κ1) is 14.8. The van der Waals surface area contributed by atoms with Gasteiger partial charge in [-0.2, -0.15) is 5.10 Å². The van der Waals surface area contributed by atoms with Crippen LogP contribution in [0.5, 0.6) is 5.75 Å². The minimum absolute atomic E-state index is 0.0190. The van der Waals surface area contributed by atoms with E-state index in [0.29, 0.717) is 13.2 Å². The summed E-state index contributed by atoms with van der Waals surface area (Å²) in [6.07, 6.45) is 2.52. The molecule has 0 radical (unpaired) electrons. The standard InChI is InChI=1S/C14H18N4O3/c1-3-8-21-14-9-11(4-5-13(14)18(19)20)15-10-12-6-7-16-17(12)2/h4-7,9,15H,3,8,10H2,1-2H3. The number of aromatic nitrogens is 2. The van der Waals surface area contributed by atoms with Gasteiger partial charge < -0.3 is 10.1 Å². The molecule has 1 aromatic carbocycles. The molecular weight excluding hydrogens is 272 g/mol. The van der Waals surface area contributed by atoms with Gasteiger partial charge in [-0.05, 0) is 18.6 Å². The highest BCUT2D eigenvalue weighted by Gasteiger charge is 2.15. The number of anilines is 1. The topological polar surface area (TPSA) is 82.2 Å². The Morgan fingerprint density at radius 1 is 1.43 bits per heavy atom. The van der Waals surface area contributed by atoms with Crippen molar-refractivity contribution in [3.05, 3.63) is 46.3 Å². The highest BCUT2D eigenvalue weighted by atomic mass is 16.6. The Morgan fingerprint density at radius 2 is 2.24 bits per heavy atom. The summed E-state index contributed by atoms with van der Waals surface area (Å²) in [5, 5.41) is 18.3. The van der Waals surface area contributed by atoms with E-state index in [9.17, 15) is 10.1 Å². The second kappa shape index (κ2) is 6.74. The van der Waals surface area contributed by atoms with E-state index in [0.717, 1.165) is 17.8 Å². The molecule has 0 atom stereocenters. The van der Waals surface area contributed by atoms with E-state index in [1.54, 1.807) is 23.0 Å². The van der Waals surface area contributed by atoms with Crippen LogP contribution in [0, 0.1) is 10.1 Å². The third kappa shape index (κ3) is 3.71. The molecule has 1 N–H and O–H groups in total. The van der Waals surface area contributed by atoms with Gasteiger partial charge in [-0.3, -0.25) is 14.8 Å². The lowest BCUT2D eigenvalue weighted by Gasteiger charge is -2.10. The van der Waals surface area contributed by atoms with Crippen molar-refractivity contribution in [3.8, 4) is 5.75 Å². The highest BCUT2D eigenvalue weighted by Crippen LogP contribution is 2.30. The summed E-state index contributed by atoms with van der Waals surface area (Å²) in [6.45, 7) is 2.99. The first-order valence-corrected chi connectivity index (χ1v) is 6.73. The molecule has 21 heavy (non-hydrogen) atoms. The van der Waals surface area contributed by atoms with Crippen LogP contribution in [0.1, 0.15) is 19.0 Å². The van der Waals surface area contributed by atoms with Crippen molar-refractivity contribution < 1.29 is 9.66 Å². The van der Waals surface area contributed by atoms with Crippen LogP contribution in [0.3, 0.4) is 0 Å². The number of nitrogens with one attached hydrogen (secondary N) is 1. The quantitative estimate of drug-likeness (QED) is 0.626. The lowest BCUT2D eigenvalue weighted by atomic mass is 10.2. The molecule has 2 rings (SSSR count). The average molecular weight is 290 g/mol. The van der Waals surface area contributed by atoms with Crippen LogP contribution in [-0.4, -0.2) is 21.3 Å². The maximum absolute atomic E-state index is 11.0. The first-order valence-electron chi connectivity index (χ1n) is 6.73. The van der Waals surface area contributed by atoms with Crippen molar-refractivity contribution in [1.82, 2.24) is 9.78 Å². The van der Waals surface area contributed by atoms with E-state index >= 15 is 0 Å². The molecule has 7 nitrogen and oxygen atoms in total. The lowest BCUT2D eigenvalue weighted by molar-refractivity contribution is -0.385. The van der Waals surface area contributed by atoms with Gasteiger partial charge >= 0.3 is 5.69 Å². The van der Waals surface area contributed by atoms with Gasteiger partial charge in [-0.15, -0.1) is 0 Å². The summed E-state index contributed by atoms with van der Waals surface area (Å²) < 4.78 is 7.22.